The molecule has 0 fully saturated rings. The second-order valence-electron chi connectivity index (χ2n) is 6.54. The van der Waals surface area contributed by atoms with Crippen molar-refractivity contribution in [3.8, 4) is 11.3 Å². The minimum absolute atomic E-state index is 0.0991. The van der Waals surface area contributed by atoms with Gasteiger partial charge in [0.25, 0.3) is 0 Å². The molecule has 142 valence electrons. The van der Waals surface area contributed by atoms with Gasteiger partial charge in [-0.1, -0.05) is 6.07 Å². The van der Waals surface area contributed by atoms with Gasteiger partial charge in [-0.25, -0.2) is 13.5 Å². The minimum Gasteiger partial charge on any atom is -0.324 e. The molecule has 2 heterocycles. The number of hydrogen-bond donors (Lipinski definition) is 2. The number of amides is 2. The first kappa shape index (κ1) is 17.8. The maximum absolute atomic E-state index is 13.4. The standard InChI is InChI=1S/C20H16F2N4O2/c1-11-18(12-5-7-13(21)8-6-12)25-26-16(10-17(27)24-19(11)26)20(28)23-15-4-2-3-14(22)9-15/h2-9,16H,10H2,1H3,(H,23,28)(H,24,27). The van der Waals surface area contributed by atoms with Crippen LogP contribution in [0.5, 0.6) is 0 Å². The van der Waals surface area contributed by atoms with Gasteiger partial charge >= 0.3 is 0 Å². The summed E-state index contributed by atoms with van der Waals surface area (Å²) >= 11 is 0. The molecule has 1 aromatic heterocycles. The van der Waals surface area contributed by atoms with Crippen LogP contribution < -0.4 is 10.6 Å². The van der Waals surface area contributed by atoms with E-state index in [1.165, 1.54) is 35.0 Å². The number of nitrogens with zero attached hydrogens (tertiary/aromatic N) is 2. The van der Waals surface area contributed by atoms with Crippen molar-refractivity contribution in [2.45, 2.75) is 19.4 Å². The molecule has 3 aromatic rings. The Bertz CT molecular complexity index is 1080. The van der Waals surface area contributed by atoms with Crippen LogP contribution in [0.15, 0.2) is 48.5 Å². The van der Waals surface area contributed by atoms with Crippen LogP contribution in [0.1, 0.15) is 18.0 Å². The van der Waals surface area contributed by atoms with Gasteiger partial charge in [0.15, 0.2) is 0 Å². The summed E-state index contributed by atoms with van der Waals surface area (Å²) in [6.07, 6.45) is -0.0991. The monoisotopic (exact) mass is 382 g/mol. The molecule has 1 unspecified atom stereocenters. The number of anilines is 2. The van der Waals surface area contributed by atoms with Crippen molar-refractivity contribution in [1.29, 1.82) is 0 Å². The molecule has 0 bridgehead atoms. The van der Waals surface area contributed by atoms with Crippen molar-refractivity contribution < 1.29 is 18.4 Å². The van der Waals surface area contributed by atoms with Crippen molar-refractivity contribution in [3.05, 3.63) is 65.7 Å². The molecule has 1 aliphatic heterocycles. The number of aromatic nitrogens is 2. The van der Waals surface area contributed by atoms with Gasteiger partial charge in [-0.15, -0.1) is 0 Å². The summed E-state index contributed by atoms with van der Waals surface area (Å²) in [4.78, 5) is 24.9. The fraction of sp³-hybridized carbons (Fsp3) is 0.150. The van der Waals surface area contributed by atoms with Crippen LogP contribution >= 0.6 is 0 Å². The Labute approximate surface area is 159 Å². The number of rotatable bonds is 3. The number of benzene rings is 2. The van der Waals surface area contributed by atoms with E-state index in [9.17, 15) is 18.4 Å². The maximum Gasteiger partial charge on any atom is 0.249 e. The Morgan fingerprint density at radius 3 is 2.64 bits per heavy atom. The van der Waals surface area contributed by atoms with E-state index in [0.29, 0.717) is 28.3 Å². The highest BCUT2D eigenvalue weighted by molar-refractivity contribution is 6.02. The molecule has 1 aliphatic rings. The summed E-state index contributed by atoms with van der Waals surface area (Å²) in [5.74, 6) is -1.23. The largest absolute Gasteiger partial charge is 0.324 e. The summed E-state index contributed by atoms with van der Waals surface area (Å²) in [7, 11) is 0. The van der Waals surface area contributed by atoms with E-state index in [4.69, 9.17) is 0 Å². The van der Waals surface area contributed by atoms with Crippen molar-refractivity contribution in [2.24, 2.45) is 0 Å². The fourth-order valence-electron chi connectivity index (χ4n) is 3.22. The molecule has 0 radical (unpaired) electrons. The predicted molar refractivity (Wildman–Crippen MR) is 99.7 cm³/mol. The van der Waals surface area contributed by atoms with Crippen molar-refractivity contribution in [1.82, 2.24) is 9.78 Å². The van der Waals surface area contributed by atoms with Crippen LogP contribution in [-0.2, 0) is 9.59 Å². The van der Waals surface area contributed by atoms with Gasteiger partial charge in [-0.2, -0.15) is 5.10 Å². The molecule has 0 saturated heterocycles. The van der Waals surface area contributed by atoms with Crippen LogP contribution in [0.3, 0.4) is 0 Å². The number of halogens is 2. The molecule has 1 atom stereocenters. The van der Waals surface area contributed by atoms with Crippen molar-refractivity contribution in [3.63, 3.8) is 0 Å². The number of fused-ring (bicyclic) bond motifs is 1. The number of carbonyl (C=O) groups excluding carboxylic acids is 2. The van der Waals surface area contributed by atoms with Gasteiger partial charge in [0, 0.05) is 16.8 Å². The molecular weight excluding hydrogens is 366 g/mol. The van der Waals surface area contributed by atoms with E-state index >= 15 is 0 Å². The SMILES string of the molecule is Cc1c(-c2ccc(F)cc2)nn2c1NC(=O)CC2C(=O)Nc1cccc(F)c1. The Morgan fingerprint density at radius 2 is 1.93 bits per heavy atom. The van der Waals surface area contributed by atoms with Crippen LogP contribution in [0.25, 0.3) is 11.3 Å². The lowest BCUT2D eigenvalue weighted by Crippen LogP contribution is -2.35. The van der Waals surface area contributed by atoms with Crippen LogP contribution in [0, 0.1) is 18.6 Å². The summed E-state index contributed by atoms with van der Waals surface area (Å²) in [6, 6.07) is 10.4. The van der Waals surface area contributed by atoms with Crippen LogP contribution in [0.4, 0.5) is 20.3 Å². The third-order valence-corrected chi connectivity index (χ3v) is 4.59. The molecule has 2 amide bonds. The molecule has 28 heavy (non-hydrogen) atoms. The summed E-state index contributed by atoms with van der Waals surface area (Å²) in [5.41, 5.74) is 2.17. The Balaban J connectivity index is 1.70. The third kappa shape index (κ3) is 3.24. The summed E-state index contributed by atoms with van der Waals surface area (Å²) in [6.45, 7) is 1.77. The fourth-order valence-corrected chi connectivity index (χ4v) is 3.22. The number of nitrogens with one attached hydrogen (secondary N) is 2. The topological polar surface area (TPSA) is 76.0 Å². The minimum atomic E-state index is -0.889. The molecule has 6 nitrogen and oxygen atoms in total. The molecule has 4 rings (SSSR count). The lowest BCUT2D eigenvalue weighted by molar-refractivity contribution is -0.125. The zero-order chi connectivity index (χ0) is 19.8. The first-order chi connectivity index (χ1) is 13.4. The predicted octanol–water partition coefficient (Wildman–Crippen LogP) is 3.66. The Kier molecular flexibility index (Phi) is 4.38. The average Bonchev–Trinajstić information content (AvgIpc) is 2.98. The van der Waals surface area contributed by atoms with E-state index in [-0.39, 0.29) is 18.1 Å². The van der Waals surface area contributed by atoms with E-state index in [0.717, 1.165) is 0 Å². The smallest absolute Gasteiger partial charge is 0.249 e. The molecule has 2 N–H and O–H groups in total. The highest BCUT2D eigenvalue weighted by Gasteiger charge is 2.34. The second kappa shape index (κ2) is 6.88. The first-order valence-electron chi connectivity index (χ1n) is 8.63. The zero-order valence-electron chi connectivity index (χ0n) is 14.9. The highest BCUT2D eigenvalue weighted by atomic mass is 19.1. The Morgan fingerprint density at radius 1 is 1.18 bits per heavy atom. The van der Waals surface area contributed by atoms with Gasteiger partial charge in [0.2, 0.25) is 11.8 Å². The molecule has 0 aliphatic carbocycles. The van der Waals surface area contributed by atoms with Gasteiger partial charge in [-0.05, 0) is 49.4 Å². The van der Waals surface area contributed by atoms with E-state index < -0.39 is 17.8 Å². The van der Waals surface area contributed by atoms with Gasteiger partial charge in [-0.3, -0.25) is 9.59 Å². The lowest BCUT2D eigenvalue weighted by atomic mass is 10.1. The highest BCUT2D eigenvalue weighted by Crippen LogP contribution is 2.34. The second-order valence-corrected chi connectivity index (χ2v) is 6.54. The third-order valence-electron chi connectivity index (χ3n) is 4.59. The molecule has 0 saturated carbocycles. The van der Waals surface area contributed by atoms with Crippen molar-refractivity contribution >= 4 is 23.3 Å². The first-order valence-corrected chi connectivity index (χ1v) is 8.63. The van der Waals surface area contributed by atoms with Gasteiger partial charge in [0.05, 0.1) is 12.1 Å². The summed E-state index contributed by atoms with van der Waals surface area (Å²) < 4.78 is 28.0. The van der Waals surface area contributed by atoms with Crippen LogP contribution in [-0.4, -0.2) is 21.6 Å². The molecule has 8 heteroatoms. The van der Waals surface area contributed by atoms with Crippen LogP contribution in [0.2, 0.25) is 0 Å². The zero-order valence-corrected chi connectivity index (χ0v) is 14.9. The van der Waals surface area contributed by atoms with Crippen molar-refractivity contribution in [2.75, 3.05) is 10.6 Å². The maximum atomic E-state index is 13.4. The average molecular weight is 382 g/mol. The Hall–Kier alpha value is -3.55. The lowest BCUT2D eigenvalue weighted by Gasteiger charge is -2.24. The van der Waals surface area contributed by atoms with Gasteiger partial charge in [0.1, 0.15) is 23.5 Å². The molecule has 2 aromatic carbocycles. The van der Waals surface area contributed by atoms with E-state index in [2.05, 4.69) is 15.7 Å². The van der Waals surface area contributed by atoms with Gasteiger partial charge < -0.3 is 10.6 Å². The number of hydrogen-bond acceptors (Lipinski definition) is 3. The van der Waals surface area contributed by atoms with E-state index in [1.54, 1.807) is 25.1 Å². The quantitative estimate of drug-likeness (QED) is 0.726. The molecule has 0 spiro atoms. The van der Waals surface area contributed by atoms with E-state index in [1.807, 2.05) is 0 Å². The summed E-state index contributed by atoms with van der Waals surface area (Å²) in [5, 5.41) is 9.85. The number of carbonyl (C=O) groups is 2. The molecular formula is C20H16F2N4O2. The normalized spacial score (nSPS) is 15.7.